The van der Waals surface area contributed by atoms with Crippen LogP contribution in [0.4, 0.5) is 0 Å². The van der Waals surface area contributed by atoms with Crippen LogP contribution in [0.15, 0.2) is 70.8 Å². The number of hydrogen-bond acceptors (Lipinski definition) is 5. The number of H-pyrrole nitrogens is 1. The van der Waals surface area contributed by atoms with Crippen LogP contribution >= 0.6 is 11.3 Å². The van der Waals surface area contributed by atoms with E-state index in [0.717, 1.165) is 11.1 Å². The minimum absolute atomic E-state index is 0.0858. The van der Waals surface area contributed by atoms with Gasteiger partial charge in [0.2, 0.25) is 0 Å². The molecule has 5 nitrogen and oxygen atoms in total. The summed E-state index contributed by atoms with van der Waals surface area (Å²) in [6.07, 6.45) is 0. The highest BCUT2D eigenvalue weighted by atomic mass is 32.1. The summed E-state index contributed by atoms with van der Waals surface area (Å²) in [5.41, 5.74) is 2.04. The SMILES string of the molecule is O=C(OCc1nc2scc(-c3ccccc3)c2c(=O)[nH]1)c1ccccc1. The summed E-state index contributed by atoms with van der Waals surface area (Å²) in [7, 11) is 0. The van der Waals surface area contributed by atoms with Crippen LogP contribution in [0, 0.1) is 0 Å². The number of thiophene rings is 1. The third-order valence-electron chi connectivity index (χ3n) is 3.93. The molecule has 0 aliphatic carbocycles. The highest BCUT2D eigenvalue weighted by Gasteiger charge is 2.14. The van der Waals surface area contributed by atoms with Gasteiger partial charge in [-0.05, 0) is 17.7 Å². The Hall–Kier alpha value is -3.25. The van der Waals surface area contributed by atoms with E-state index >= 15 is 0 Å². The Morgan fingerprint density at radius 1 is 1.04 bits per heavy atom. The van der Waals surface area contributed by atoms with Crippen molar-refractivity contribution in [1.82, 2.24) is 9.97 Å². The van der Waals surface area contributed by atoms with Gasteiger partial charge in [-0.2, -0.15) is 0 Å². The first-order valence-electron chi connectivity index (χ1n) is 8.00. The molecule has 0 atom stereocenters. The van der Waals surface area contributed by atoms with Crippen molar-refractivity contribution in [2.75, 3.05) is 0 Å². The number of carbonyl (C=O) groups is 1. The van der Waals surface area contributed by atoms with Gasteiger partial charge < -0.3 is 9.72 Å². The van der Waals surface area contributed by atoms with Gasteiger partial charge in [-0.25, -0.2) is 9.78 Å². The molecule has 26 heavy (non-hydrogen) atoms. The Morgan fingerprint density at radius 3 is 2.46 bits per heavy atom. The normalized spacial score (nSPS) is 10.8. The largest absolute Gasteiger partial charge is 0.454 e. The third kappa shape index (κ3) is 3.14. The van der Waals surface area contributed by atoms with Gasteiger partial charge in [0.05, 0.1) is 10.9 Å². The lowest BCUT2D eigenvalue weighted by Crippen LogP contribution is -2.14. The summed E-state index contributed by atoms with van der Waals surface area (Å²) in [5.74, 6) is -0.127. The van der Waals surface area contributed by atoms with Crippen molar-refractivity contribution >= 4 is 27.5 Å². The van der Waals surface area contributed by atoms with E-state index in [1.807, 2.05) is 41.8 Å². The van der Waals surface area contributed by atoms with Gasteiger partial charge >= 0.3 is 5.97 Å². The standard InChI is InChI=1S/C20H14N2O3S/c23-18-17-15(13-7-3-1-4-8-13)12-26-19(17)22-16(21-18)11-25-20(24)14-9-5-2-6-10-14/h1-10,12H,11H2,(H,21,22,23). The molecule has 4 rings (SSSR count). The van der Waals surface area contributed by atoms with Gasteiger partial charge in [-0.3, -0.25) is 4.79 Å². The molecule has 0 aliphatic rings. The van der Waals surface area contributed by atoms with Crippen molar-refractivity contribution in [2.24, 2.45) is 0 Å². The minimum Gasteiger partial charge on any atom is -0.454 e. The van der Waals surface area contributed by atoms with Crippen molar-refractivity contribution < 1.29 is 9.53 Å². The molecule has 1 N–H and O–H groups in total. The van der Waals surface area contributed by atoms with E-state index in [9.17, 15) is 9.59 Å². The highest BCUT2D eigenvalue weighted by molar-refractivity contribution is 7.17. The zero-order chi connectivity index (χ0) is 17.9. The molecule has 128 valence electrons. The van der Waals surface area contributed by atoms with Gasteiger partial charge in [0, 0.05) is 10.9 Å². The van der Waals surface area contributed by atoms with E-state index in [0.29, 0.717) is 21.6 Å². The van der Waals surface area contributed by atoms with Crippen molar-refractivity contribution in [1.29, 1.82) is 0 Å². The Kier molecular flexibility index (Phi) is 4.33. The fraction of sp³-hybridized carbons (Fsp3) is 0.0500. The quantitative estimate of drug-likeness (QED) is 0.557. The molecule has 0 radical (unpaired) electrons. The number of nitrogens with one attached hydrogen (secondary N) is 1. The third-order valence-corrected chi connectivity index (χ3v) is 4.80. The summed E-state index contributed by atoms with van der Waals surface area (Å²) >= 11 is 1.40. The maximum absolute atomic E-state index is 12.5. The molecule has 0 spiro atoms. The van der Waals surface area contributed by atoms with E-state index < -0.39 is 5.97 Å². The van der Waals surface area contributed by atoms with Gasteiger partial charge in [0.1, 0.15) is 17.3 Å². The molecule has 0 saturated heterocycles. The summed E-state index contributed by atoms with van der Waals surface area (Å²) in [6, 6.07) is 18.4. The lowest BCUT2D eigenvalue weighted by molar-refractivity contribution is 0.0462. The maximum atomic E-state index is 12.5. The van der Waals surface area contributed by atoms with Crippen molar-refractivity contribution in [3.63, 3.8) is 0 Å². The van der Waals surface area contributed by atoms with Gasteiger partial charge in [-0.15, -0.1) is 11.3 Å². The average molecular weight is 362 g/mol. The molecule has 0 unspecified atom stereocenters. The van der Waals surface area contributed by atoms with Crippen LogP contribution in [0.2, 0.25) is 0 Å². The van der Waals surface area contributed by atoms with Crippen molar-refractivity contribution in [3.05, 3.63) is 87.8 Å². The van der Waals surface area contributed by atoms with E-state index in [1.165, 1.54) is 11.3 Å². The number of ether oxygens (including phenoxy) is 1. The summed E-state index contributed by atoms with van der Waals surface area (Å²) < 4.78 is 5.24. The van der Waals surface area contributed by atoms with Crippen LogP contribution in [-0.2, 0) is 11.3 Å². The van der Waals surface area contributed by atoms with E-state index in [1.54, 1.807) is 24.3 Å². The van der Waals surface area contributed by atoms with Crippen LogP contribution in [0.3, 0.4) is 0 Å². The molecule has 0 amide bonds. The van der Waals surface area contributed by atoms with Gasteiger partial charge in [0.15, 0.2) is 0 Å². The predicted octanol–water partition coefficient (Wildman–Crippen LogP) is 4.01. The number of fused-ring (bicyclic) bond motifs is 1. The predicted molar refractivity (Wildman–Crippen MR) is 101 cm³/mol. The number of nitrogens with zero attached hydrogens (tertiary/aromatic N) is 1. The molecule has 4 aromatic rings. The number of esters is 1. The molecule has 6 heteroatoms. The number of carbonyl (C=O) groups excluding carboxylic acids is 1. The van der Waals surface area contributed by atoms with Crippen LogP contribution in [0.25, 0.3) is 21.3 Å². The molecule has 0 fully saturated rings. The second kappa shape index (κ2) is 6.93. The number of aromatic nitrogens is 2. The fourth-order valence-corrected chi connectivity index (χ4v) is 3.65. The van der Waals surface area contributed by atoms with Crippen molar-refractivity contribution in [3.8, 4) is 11.1 Å². The van der Waals surface area contributed by atoms with Crippen LogP contribution < -0.4 is 5.56 Å². The molecule has 0 aliphatic heterocycles. The molecule has 0 saturated carbocycles. The Labute approximate surface area is 152 Å². The summed E-state index contributed by atoms with van der Waals surface area (Å²) in [5, 5.41) is 2.47. The lowest BCUT2D eigenvalue weighted by atomic mass is 10.1. The number of aromatic amines is 1. The minimum atomic E-state index is -0.454. The first kappa shape index (κ1) is 16.2. The van der Waals surface area contributed by atoms with Crippen molar-refractivity contribution in [2.45, 2.75) is 6.61 Å². The van der Waals surface area contributed by atoms with E-state index in [4.69, 9.17) is 4.74 Å². The number of hydrogen-bond donors (Lipinski definition) is 1. The number of rotatable bonds is 4. The second-order valence-electron chi connectivity index (χ2n) is 5.65. The van der Waals surface area contributed by atoms with Gasteiger partial charge in [-0.1, -0.05) is 48.5 Å². The molecule has 2 aromatic carbocycles. The Morgan fingerprint density at radius 2 is 1.73 bits per heavy atom. The molecular weight excluding hydrogens is 348 g/mol. The monoisotopic (exact) mass is 362 g/mol. The van der Waals surface area contributed by atoms with Crippen LogP contribution in [0.1, 0.15) is 16.2 Å². The smallest absolute Gasteiger partial charge is 0.338 e. The molecular formula is C20H14N2O3S. The van der Waals surface area contributed by atoms with E-state index in [-0.39, 0.29) is 12.2 Å². The fourth-order valence-electron chi connectivity index (χ4n) is 2.68. The topological polar surface area (TPSA) is 72.0 Å². The van der Waals surface area contributed by atoms with Crippen LogP contribution in [-0.4, -0.2) is 15.9 Å². The average Bonchev–Trinajstić information content (AvgIpc) is 3.12. The Balaban J connectivity index is 1.61. The lowest BCUT2D eigenvalue weighted by Gasteiger charge is -2.05. The Bertz CT molecular complexity index is 1120. The highest BCUT2D eigenvalue weighted by Crippen LogP contribution is 2.30. The first-order valence-corrected chi connectivity index (χ1v) is 8.88. The zero-order valence-corrected chi connectivity index (χ0v) is 14.5. The van der Waals surface area contributed by atoms with Crippen LogP contribution in [0.5, 0.6) is 0 Å². The van der Waals surface area contributed by atoms with E-state index in [2.05, 4.69) is 9.97 Å². The zero-order valence-electron chi connectivity index (χ0n) is 13.6. The number of benzene rings is 2. The first-order chi connectivity index (χ1) is 12.7. The maximum Gasteiger partial charge on any atom is 0.338 e. The molecule has 0 bridgehead atoms. The molecule has 2 aromatic heterocycles. The second-order valence-corrected chi connectivity index (χ2v) is 6.51. The van der Waals surface area contributed by atoms with Gasteiger partial charge in [0.25, 0.3) is 5.56 Å². The molecule has 2 heterocycles. The summed E-state index contributed by atoms with van der Waals surface area (Å²) in [6.45, 7) is -0.0858. The summed E-state index contributed by atoms with van der Waals surface area (Å²) in [4.78, 5) is 32.3.